The normalized spacial score (nSPS) is 13.2. The van der Waals surface area contributed by atoms with E-state index in [9.17, 15) is 0 Å². The first-order valence-corrected chi connectivity index (χ1v) is 7.61. The average Bonchev–Trinajstić information content (AvgIpc) is 3.08. The molecule has 1 N–H and O–H groups in total. The van der Waals surface area contributed by atoms with Gasteiger partial charge in [-0.15, -0.1) is 5.10 Å². The Morgan fingerprint density at radius 1 is 1.40 bits per heavy atom. The molecule has 2 aromatic rings. The summed E-state index contributed by atoms with van der Waals surface area (Å²) in [6.45, 7) is 3.46. The fraction of sp³-hybridized carbons (Fsp3) is 0.429. The van der Waals surface area contributed by atoms with Crippen LogP contribution in [0.5, 0.6) is 5.75 Å². The van der Waals surface area contributed by atoms with Crippen molar-refractivity contribution in [3.8, 4) is 5.75 Å². The summed E-state index contributed by atoms with van der Waals surface area (Å²) in [6.07, 6.45) is 5.62. The molecule has 20 heavy (non-hydrogen) atoms. The number of hydrogen-bond donors (Lipinski definition) is 1. The molecule has 0 saturated carbocycles. The molecule has 0 saturated heterocycles. The Morgan fingerprint density at radius 3 is 3.20 bits per heavy atom. The van der Waals surface area contributed by atoms with Crippen molar-refractivity contribution in [2.24, 2.45) is 0 Å². The first kappa shape index (κ1) is 13.6. The molecule has 0 radical (unpaired) electrons. The minimum absolute atomic E-state index is 0.797. The zero-order chi connectivity index (χ0) is 13.8. The number of aryl methyl sites for hydroxylation is 1. The maximum absolute atomic E-state index is 5.72. The van der Waals surface area contributed by atoms with Crippen LogP contribution in [0.3, 0.4) is 0 Å². The lowest BCUT2D eigenvalue weighted by molar-refractivity contribution is 0.352. The molecule has 0 aliphatic carbocycles. The number of nitrogens with one attached hydrogen (secondary N) is 1. The number of rotatable bonds is 6. The molecule has 0 amide bonds. The molecule has 5 nitrogen and oxygen atoms in total. The summed E-state index contributed by atoms with van der Waals surface area (Å²) < 4.78 is 8.69. The lowest BCUT2D eigenvalue weighted by Gasteiger charge is -2.10. The maximum Gasteiger partial charge on any atom is 0.127 e. The second kappa shape index (κ2) is 6.37. The van der Waals surface area contributed by atoms with Gasteiger partial charge in [-0.25, -0.2) is 0 Å². The Balaban J connectivity index is 1.49. The van der Waals surface area contributed by atoms with Crippen LogP contribution in [0.25, 0.3) is 0 Å². The molecule has 1 aromatic carbocycles. The molecule has 1 aromatic heterocycles. The lowest BCUT2D eigenvalue weighted by Crippen LogP contribution is -2.17. The lowest BCUT2D eigenvalue weighted by atomic mass is 10.1. The summed E-state index contributed by atoms with van der Waals surface area (Å²) in [4.78, 5) is 0. The predicted octanol–water partition coefficient (Wildman–Crippen LogP) is 2.16. The van der Waals surface area contributed by atoms with Gasteiger partial charge in [0.05, 0.1) is 12.8 Å². The van der Waals surface area contributed by atoms with Gasteiger partial charge in [-0.2, -0.15) is 0 Å². The van der Waals surface area contributed by atoms with Crippen LogP contribution in [0.1, 0.15) is 17.5 Å². The maximum atomic E-state index is 5.72. The van der Waals surface area contributed by atoms with Gasteiger partial charge < -0.3 is 10.1 Å². The van der Waals surface area contributed by atoms with Crippen molar-refractivity contribution in [3.05, 3.63) is 40.1 Å². The van der Waals surface area contributed by atoms with E-state index >= 15 is 0 Å². The van der Waals surface area contributed by atoms with Crippen LogP contribution < -0.4 is 10.1 Å². The Kier molecular flexibility index (Phi) is 4.32. The smallest absolute Gasteiger partial charge is 0.127 e. The molecule has 3 rings (SSSR count). The highest BCUT2D eigenvalue weighted by atomic mass is 79.9. The molecular weight excluding hydrogens is 320 g/mol. The zero-order valence-electron chi connectivity index (χ0n) is 11.2. The molecule has 1 aliphatic rings. The number of halogens is 1. The van der Waals surface area contributed by atoms with E-state index in [2.05, 4.69) is 43.7 Å². The number of fused-ring (bicyclic) bond motifs is 1. The van der Waals surface area contributed by atoms with Crippen LogP contribution in [0.15, 0.2) is 29.0 Å². The Bertz CT molecular complexity index is 571. The third-order valence-corrected chi connectivity index (χ3v) is 3.81. The van der Waals surface area contributed by atoms with Crippen LogP contribution in [-0.4, -0.2) is 28.1 Å². The number of nitrogens with zero attached hydrogens (tertiary/aromatic N) is 3. The van der Waals surface area contributed by atoms with E-state index in [1.165, 1.54) is 11.1 Å². The van der Waals surface area contributed by atoms with Crippen molar-refractivity contribution in [2.75, 3.05) is 13.2 Å². The second-order valence-electron chi connectivity index (χ2n) is 4.85. The summed E-state index contributed by atoms with van der Waals surface area (Å²) >= 11 is 3.56. The first-order chi connectivity index (χ1) is 9.83. The summed E-state index contributed by atoms with van der Waals surface area (Å²) in [7, 11) is 0. The van der Waals surface area contributed by atoms with Gasteiger partial charge >= 0.3 is 0 Å². The van der Waals surface area contributed by atoms with E-state index < -0.39 is 0 Å². The number of ether oxygens (including phenoxy) is 1. The minimum atomic E-state index is 0.797. The van der Waals surface area contributed by atoms with E-state index in [0.717, 1.165) is 49.3 Å². The van der Waals surface area contributed by atoms with Crippen molar-refractivity contribution in [3.63, 3.8) is 0 Å². The molecule has 0 bridgehead atoms. The molecule has 106 valence electrons. The fourth-order valence-corrected chi connectivity index (χ4v) is 2.97. The van der Waals surface area contributed by atoms with Gasteiger partial charge in [0.2, 0.25) is 0 Å². The van der Waals surface area contributed by atoms with Gasteiger partial charge in [0.25, 0.3) is 0 Å². The first-order valence-electron chi connectivity index (χ1n) is 6.82. The van der Waals surface area contributed by atoms with E-state index in [-0.39, 0.29) is 0 Å². The average molecular weight is 337 g/mol. The Hall–Kier alpha value is -1.40. The summed E-state index contributed by atoms with van der Waals surface area (Å²) in [5, 5.41) is 11.2. The van der Waals surface area contributed by atoms with Crippen LogP contribution in [0.2, 0.25) is 0 Å². The van der Waals surface area contributed by atoms with Gasteiger partial charge in [0.1, 0.15) is 5.75 Å². The highest BCUT2D eigenvalue weighted by Gasteiger charge is 2.16. The Morgan fingerprint density at radius 2 is 2.35 bits per heavy atom. The topological polar surface area (TPSA) is 52.0 Å². The third kappa shape index (κ3) is 3.19. The van der Waals surface area contributed by atoms with Crippen molar-refractivity contribution in [1.29, 1.82) is 0 Å². The largest absolute Gasteiger partial charge is 0.493 e. The molecule has 0 spiro atoms. The molecule has 6 heteroatoms. The van der Waals surface area contributed by atoms with Gasteiger partial charge in [0.15, 0.2) is 0 Å². The minimum Gasteiger partial charge on any atom is -0.493 e. The van der Waals surface area contributed by atoms with Crippen molar-refractivity contribution < 1.29 is 4.74 Å². The van der Waals surface area contributed by atoms with Gasteiger partial charge in [0, 0.05) is 35.7 Å². The highest BCUT2D eigenvalue weighted by molar-refractivity contribution is 9.10. The molecular formula is C14H17BrN4O. The van der Waals surface area contributed by atoms with Crippen LogP contribution in [0.4, 0.5) is 0 Å². The summed E-state index contributed by atoms with van der Waals surface area (Å²) in [6, 6.07) is 4.28. The van der Waals surface area contributed by atoms with E-state index in [4.69, 9.17) is 4.74 Å². The Labute approximate surface area is 126 Å². The van der Waals surface area contributed by atoms with Crippen LogP contribution >= 0.6 is 15.9 Å². The predicted molar refractivity (Wildman–Crippen MR) is 79.7 cm³/mol. The fourth-order valence-electron chi connectivity index (χ4n) is 2.42. The monoisotopic (exact) mass is 336 g/mol. The summed E-state index contributed by atoms with van der Waals surface area (Å²) in [5.74, 6) is 1.07. The third-order valence-electron chi connectivity index (χ3n) is 3.35. The van der Waals surface area contributed by atoms with Crippen LogP contribution in [-0.2, 0) is 19.5 Å². The molecule has 2 heterocycles. The number of aromatic nitrogens is 3. The molecule has 0 atom stereocenters. The second-order valence-corrected chi connectivity index (χ2v) is 5.76. The van der Waals surface area contributed by atoms with Crippen LogP contribution in [0, 0.1) is 0 Å². The zero-order valence-corrected chi connectivity index (χ0v) is 12.8. The SMILES string of the molecule is Brc1cc2c(c(CNCCCn3ccnn3)c1)OCC2. The summed E-state index contributed by atoms with van der Waals surface area (Å²) in [5.41, 5.74) is 2.53. The molecule has 1 aliphatic heterocycles. The van der Waals surface area contributed by atoms with Crippen molar-refractivity contribution >= 4 is 15.9 Å². The molecule has 0 unspecified atom stereocenters. The molecule has 0 fully saturated rings. The van der Waals surface area contributed by atoms with Gasteiger partial charge in [-0.1, -0.05) is 21.1 Å². The van der Waals surface area contributed by atoms with E-state index in [0.29, 0.717) is 0 Å². The van der Waals surface area contributed by atoms with E-state index in [1.807, 2.05) is 10.9 Å². The number of hydrogen-bond acceptors (Lipinski definition) is 4. The van der Waals surface area contributed by atoms with Gasteiger partial charge in [-0.05, 0) is 30.7 Å². The standard InChI is InChI=1S/C14H17BrN4O/c15-13-8-11-2-7-20-14(11)12(9-13)10-16-3-1-5-19-6-4-17-18-19/h4,6,8-9,16H,1-3,5,7,10H2. The number of benzene rings is 1. The highest BCUT2D eigenvalue weighted by Crippen LogP contribution is 2.32. The van der Waals surface area contributed by atoms with Crippen molar-refractivity contribution in [1.82, 2.24) is 20.3 Å². The quantitative estimate of drug-likeness (QED) is 0.821. The van der Waals surface area contributed by atoms with Crippen molar-refractivity contribution in [2.45, 2.75) is 25.9 Å². The van der Waals surface area contributed by atoms with E-state index in [1.54, 1.807) is 6.20 Å². The van der Waals surface area contributed by atoms with Gasteiger partial charge in [-0.3, -0.25) is 4.68 Å².